The van der Waals surface area contributed by atoms with E-state index >= 15 is 0 Å². The quantitative estimate of drug-likeness (QED) is 0.801. The van der Waals surface area contributed by atoms with Crippen LogP contribution in [-0.2, 0) is 11.2 Å². The van der Waals surface area contributed by atoms with Crippen molar-refractivity contribution in [2.75, 3.05) is 0 Å². The maximum atomic E-state index is 11.6. The van der Waals surface area contributed by atoms with E-state index in [9.17, 15) is 4.79 Å². The monoisotopic (exact) mass is 235 g/mol. The topological polar surface area (TPSA) is 29.1 Å². The van der Waals surface area contributed by atoms with Crippen LogP contribution in [0.25, 0.3) is 0 Å². The first-order chi connectivity index (χ1) is 7.43. The molecule has 1 aromatic rings. The number of halogens is 1. The van der Waals surface area contributed by atoms with Gasteiger partial charge in [0, 0.05) is 5.02 Å². The maximum Gasteiger partial charge on any atom is 0.225 e. The highest BCUT2D eigenvalue weighted by molar-refractivity contribution is 6.30. The van der Waals surface area contributed by atoms with Gasteiger partial charge in [0.15, 0.2) is 0 Å². The fraction of sp³-hybridized carbons (Fsp3) is 0.308. The summed E-state index contributed by atoms with van der Waals surface area (Å²) in [5.74, 6) is 2.41. The van der Waals surface area contributed by atoms with Crippen molar-refractivity contribution >= 4 is 17.5 Å². The summed E-state index contributed by atoms with van der Waals surface area (Å²) in [4.78, 5) is 11.6. The van der Waals surface area contributed by atoms with Gasteiger partial charge in [0.25, 0.3) is 0 Å². The lowest BCUT2D eigenvalue weighted by atomic mass is 10.1. The van der Waals surface area contributed by atoms with Crippen LogP contribution in [-0.4, -0.2) is 11.4 Å². The maximum absolute atomic E-state index is 11.6. The molecular weight excluding hydrogens is 222 g/mol. The van der Waals surface area contributed by atoms with E-state index in [1.807, 2.05) is 12.1 Å². The van der Waals surface area contributed by atoms with Gasteiger partial charge in [0.05, 0.1) is 12.0 Å². The Morgan fingerprint density at radius 2 is 2.25 bits per heavy atom. The van der Waals surface area contributed by atoms with Crippen LogP contribution in [0.15, 0.2) is 24.3 Å². The van der Waals surface area contributed by atoms with Gasteiger partial charge in [-0.3, -0.25) is 4.79 Å². The van der Waals surface area contributed by atoms with Crippen molar-refractivity contribution in [3.8, 4) is 12.3 Å². The molecule has 0 aromatic heterocycles. The number of carbonyl (C=O) groups is 1. The summed E-state index contributed by atoms with van der Waals surface area (Å²) in [6, 6.07) is 7.21. The second kappa shape index (κ2) is 5.05. The van der Waals surface area contributed by atoms with Gasteiger partial charge < -0.3 is 5.32 Å². The van der Waals surface area contributed by atoms with E-state index in [2.05, 4.69) is 11.2 Å². The Hall–Kier alpha value is -1.46. The molecule has 0 unspecified atom stereocenters. The molecule has 3 heteroatoms. The smallest absolute Gasteiger partial charge is 0.225 e. The summed E-state index contributed by atoms with van der Waals surface area (Å²) < 4.78 is 0. The number of terminal acetylenes is 1. The van der Waals surface area contributed by atoms with Crippen molar-refractivity contribution in [2.24, 2.45) is 0 Å². The first-order valence-electron chi connectivity index (χ1n) is 4.96. The Morgan fingerprint density at radius 3 is 2.81 bits per heavy atom. The molecular formula is C13H14ClNO. The average molecular weight is 236 g/mol. The minimum absolute atomic E-state index is 0.106. The zero-order chi connectivity index (χ0) is 12.2. The van der Waals surface area contributed by atoms with Crippen LogP contribution < -0.4 is 5.32 Å². The average Bonchev–Trinajstić information content (AvgIpc) is 2.16. The zero-order valence-corrected chi connectivity index (χ0v) is 10.1. The lowest BCUT2D eigenvalue weighted by molar-refractivity contribution is -0.121. The molecule has 0 aliphatic heterocycles. The summed E-state index contributed by atoms with van der Waals surface area (Å²) in [5.41, 5.74) is 0.258. The van der Waals surface area contributed by atoms with E-state index in [-0.39, 0.29) is 12.3 Å². The van der Waals surface area contributed by atoms with Crippen molar-refractivity contribution in [1.82, 2.24) is 5.32 Å². The molecule has 0 atom stereocenters. The van der Waals surface area contributed by atoms with Crippen LogP contribution in [0.1, 0.15) is 19.4 Å². The third kappa shape index (κ3) is 3.96. The van der Waals surface area contributed by atoms with E-state index < -0.39 is 5.54 Å². The molecule has 0 radical (unpaired) electrons. The number of benzene rings is 1. The zero-order valence-electron chi connectivity index (χ0n) is 9.38. The molecule has 0 fully saturated rings. The largest absolute Gasteiger partial charge is 0.340 e. The van der Waals surface area contributed by atoms with Crippen molar-refractivity contribution in [2.45, 2.75) is 25.8 Å². The van der Waals surface area contributed by atoms with Crippen LogP contribution in [0, 0.1) is 12.3 Å². The predicted octanol–water partition coefficient (Wildman–Crippen LogP) is 2.41. The van der Waals surface area contributed by atoms with Gasteiger partial charge >= 0.3 is 0 Å². The standard InChI is InChI=1S/C13H14ClNO/c1-4-13(2,3)15-12(16)9-10-6-5-7-11(14)8-10/h1,5-8H,9H2,2-3H3,(H,15,16). The molecule has 1 aromatic carbocycles. The summed E-state index contributed by atoms with van der Waals surface area (Å²) >= 11 is 5.82. The Balaban J connectivity index is 2.63. The Kier molecular flexibility index (Phi) is 3.98. The molecule has 0 aliphatic carbocycles. The van der Waals surface area contributed by atoms with E-state index in [0.717, 1.165) is 5.56 Å². The summed E-state index contributed by atoms with van der Waals surface area (Å²) in [5, 5.41) is 3.38. The van der Waals surface area contributed by atoms with Crippen LogP contribution in [0.4, 0.5) is 0 Å². The van der Waals surface area contributed by atoms with Gasteiger partial charge in [-0.15, -0.1) is 6.42 Å². The molecule has 0 saturated carbocycles. The lowest BCUT2D eigenvalue weighted by Gasteiger charge is -2.19. The molecule has 2 nitrogen and oxygen atoms in total. The molecule has 0 heterocycles. The van der Waals surface area contributed by atoms with E-state index in [1.54, 1.807) is 26.0 Å². The highest BCUT2D eigenvalue weighted by Crippen LogP contribution is 2.11. The predicted molar refractivity (Wildman–Crippen MR) is 66.2 cm³/mol. The van der Waals surface area contributed by atoms with Crippen LogP contribution >= 0.6 is 11.6 Å². The molecule has 16 heavy (non-hydrogen) atoms. The first-order valence-corrected chi connectivity index (χ1v) is 5.34. The fourth-order valence-corrected chi connectivity index (χ4v) is 1.47. The van der Waals surface area contributed by atoms with Crippen molar-refractivity contribution in [3.05, 3.63) is 34.9 Å². The third-order valence-electron chi connectivity index (χ3n) is 2.07. The van der Waals surface area contributed by atoms with Crippen molar-refractivity contribution < 1.29 is 4.79 Å². The summed E-state index contributed by atoms with van der Waals surface area (Å²) in [6.45, 7) is 3.56. The number of nitrogens with one attached hydrogen (secondary N) is 1. The van der Waals surface area contributed by atoms with Crippen LogP contribution in [0.3, 0.4) is 0 Å². The summed E-state index contributed by atoms with van der Waals surface area (Å²) in [7, 11) is 0. The second-order valence-electron chi connectivity index (χ2n) is 4.12. The Labute approximate surface area is 101 Å². The minimum Gasteiger partial charge on any atom is -0.340 e. The van der Waals surface area contributed by atoms with E-state index in [4.69, 9.17) is 18.0 Å². The van der Waals surface area contributed by atoms with Crippen LogP contribution in [0.2, 0.25) is 5.02 Å². The third-order valence-corrected chi connectivity index (χ3v) is 2.30. The van der Waals surface area contributed by atoms with Gasteiger partial charge in [-0.05, 0) is 31.5 Å². The lowest BCUT2D eigenvalue weighted by Crippen LogP contribution is -2.42. The number of amides is 1. The Bertz CT molecular complexity index is 432. The normalized spacial score (nSPS) is 10.6. The highest BCUT2D eigenvalue weighted by atomic mass is 35.5. The second-order valence-corrected chi connectivity index (χ2v) is 4.56. The summed E-state index contributed by atoms with van der Waals surface area (Å²) in [6.07, 6.45) is 5.57. The molecule has 1 N–H and O–H groups in total. The van der Waals surface area contributed by atoms with Gasteiger partial charge in [-0.2, -0.15) is 0 Å². The van der Waals surface area contributed by atoms with E-state index in [1.165, 1.54) is 0 Å². The van der Waals surface area contributed by atoms with Gasteiger partial charge in [0.2, 0.25) is 5.91 Å². The molecule has 0 bridgehead atoms. The number of rotatable bonds is 3. The van der Waals surface area contributed by atoms with Crippen molar-refractivity contribution in [3.63, 3.8) is 0 Å². The SMILES string of the molecule is C#CC(C)(C)NC(=O)Cc1cccc(Cl)c1. The molecule has 0 aliphatic rings. The molecule has 1 amide bonds. The minimum atomic E-state index is -0.615. The van der Waals surface area contributed by atoms with Crippen LogP contribution in [0.5, 0.6) is 0 Å². The molecule has 0 spiro atoms. The number of hydrogen-bond acceptors (Lipinski definition) is 1. The van der Waals surface area contributed by atoms with Gasteiger partial charge in [-0.25, -0.2) is 0 Å². The fourth-order valence-electron chi connectivity index (χ4n) is 1.26. The van der Waals surface area contributed by atoms with Gasteiger partial charge in [0.1, 0.15) is 0 Å². The molecule has 0 saturated heterocycles. The highest BCUT2D eigenvalue weighted by Gasteiger charge is 2.16. The van der Waals surface area contributed by atoms with Gasteiger partial charge in [-0.1, -0.05) is 29.7 Å². The van der Waals surface area contributed by atoms with E-state index in [0.29, 0.717) is 5.02 Å². The number of hydrogen-bond donors (Lipinski definition) is 1. The molecule has 1 rings (SSSR count). The first kappa shape index (κ1) is 12.6. The molecule has 84 valence electrons. The van der Waals surface area contributed by atoms with Crippen molar-refractivity contribution in [1.29, 1.82) is 0 Å². The Morgan fingerprint density at radius 1 is 1.56 bits per heavy atom. The number of carbonyl (C=O) groups excluding carboxylic acids is 1.